The zero-order valence-corrected chi connectivity index (χ0v) is 9.77. The highest BCUT2D eigenvalue weighted by Crippen LogP contribution is 2.30. The third kappa shape index (κ3) is 2.15. The number of rotatable bonds is 3. The molecule has 0 radical (unpaired) electrons. The Morgan fingerprint density at radius 3 is 2.50 bits per heavy atom. The molecule has 0 aromatic heterocycles. The van der Waals surface area contributed by atoms with Crippen LogP contribution < -0.4 is 4.74 Å². The van der Waals surface area contributed by atoms with E-state index in [1.165, 1.54) is 7.11 Å². The van der Waals surface area contributed by atoms with Gasteiger partial charge in [0.2, 0.25) is 0 Å². The Bertz CT molecular complexity index is 447. The van der Waals surface area contributed by atoms with Gasteiger partial charge in [-0.15, -0.1) is 0 Å². The molecule has 4 nitrogen and oxygen atoms in total. The van der Waals surface area contributed by atoms with Crippen LogP contribution in [-0.4, -0.2) is 41.6 Å². The first-order chi connectivity index (χ1) is 8.45. The number of ether oxygens (including phenoxy) is 1. The number of alkyl halides is 2. The molecule has 1 aliphatic heterocycles. The summed E-state index contributed by atoms with van der Waals surface area (Å²) in [6, 6.07) is 6.75. The molecule has 0 aliphatic carbocycles. The first-order valence-electron chi connectivity index (χ1n) is 5.43. The molecule has 1 aliphatic rings. The third-order valence-electron chi connectivity index (χ3n) is 2.92. The molecule has 1 unspecified atom stereocenters. The van der Waals surface area contributed by atoms with E-state index >= 15 is 0 Å². The number of nitrogens with zero attached hydrogens (tertiary/aromatic N) is 1. The lowest BCUT2D eigenvalue weighted by Crippen LogP contribution is -2.36. The minimum atomic E-state index is -3.67. The van der Waals surface area contributed by atoms with Gasteiger partial charge in [0.1, 0.15) is 11.9 Å². The Morgan fingerprint density at radius 1 is 1.44 bits per heavy atom. The number of methoxy groups -OCH3 is 1. The molecule has 0 spiro atoms. The van der Waals surface area contributed by atoms with Gasteiger partial charge in [-0.05, 0) is 17.7 Å². The van der Waals surface area contributed by atoms with Crippen molar-refractivity contribution in [2.24, 2.45) is 0 Å². The average molecular weight is 257 g/mol. The fraction of sp³-hybridized carbons (Fsp3) is 0.417. The molecule has 1 fully saturated rings. The number of hydrogen-bond acceptors (Lipinski definition) is 3. The van der Waals surface area contributed by atoms with E-state index in [1.54, 1.807) is 24.3 Å². The molecule has 2 rings (SSSR count). The molecule has 1 aromatic rings. The zero-order chi connectivity index (χ0) is 13.3. The number of likely N-dealkylation sites (tertiary alicyclic amines) is 1. The second-order valence-corrected chi connectivity index (χ2v) is 4.17. The summed E-state index contributed by atoms with van der Waals surface area (Å²) in [7, 11) is 1.52. The summed E-state index contributed by atoms with van der Waals surface area (Å²) >= 11 is 0. The topological polar surface area (TPSA) is 49.8 Å². The van der Waals surface area contributed by atoms with Crippen LogP contribution in [0.25, 0.3) is 0 Å². The Hall–Kier alpha value is -1.69. The summed E-state index contributed by atoms with van der Waals surface area (Å²) in [6.45, 7) is -0.298. The Labute approximate surface area is 103 Å². The van der Waals surface area contributed by atoms with Gasteiger partial charge in [-0.2, -0.15) is 8.78 Å². The van der Waals surface area contributed by atoms with Gasteiger partial charge in [0.25, 0.3) is 5.91 Å². The van der Waals surface area contributed by atoms with Gasteiger partial charge in [-0.25, -0.2) is 0 Å². The summed E-state index contributed by atoms with van der Waals surface area (Å²) < 4.78 is 31.3. The highest BCUT2D eigenvalue weighted by Gasteiger charge is 2.55. The van der Waals surface area contributed by atoms with Crippen molar-refractivity contribution in [3.63, 3.8) is 0 Å². The number of amides is 1. The highest BCUT2D eigenvalue weighted by atomic mass is 19.3. The predicted octanol–water partition coefficient (Wildman–Crippen LogP) is 1.03. The van der Waals surface area contributed by atoms with Crippen LogP contribution in [0.4, 0.5) is 8.78 Å². The van der Waals surface area contributed by atoms with Gasteiger partial charge in [-0.1, -0.05) is 12.1 Å². The predicted molar refractivity (Wildman–Crippen MR) is 59.4 cm³/mol. The van der Waals surface area contributed by atoms with E-state index in [0.717, 1.165) is 4.90 Å². The van der Waals surface area contributed by atoms with Crippen molar-refractivity contribution in [3.05, 3.63) is 29.8 Å². The maximum atomic E-state index is 13.1. The monoisotopic (exact) mass is 257 g/mol. The third-order valence-corrected chi connectivity index (χ3v) is 2.92. The van der Waals surface area contributed by atoms with Crippen LogP contribution in [0.1, 0.15) is 5.56 Å². The van der Waals surface area contributed by atoms with Crippen LogP contribution >= 0.6 is 0 Å². The van der Waals surface area contributed by atoms with E-state index < -0.39 is 17.9 Å². The van der Waals surface area contributed by atoms with Crippen LogP contribution in [-0.2, 0) is 11.3 Å². The van der Waals surface area contributed by atoms with Gasteiger partial charge in [0, 0.05) is 6.54 Å². The first kappa shape index (κ1) is 12.8. The number of carbonyl (C=O) groups is 1. The SMILES string of the molecule is COc1ccc(CN2CC(O)C(F)(F)C2=O)cc1. The molecule has 98 valence electrons. The van der Waals surface area contributed by atoms with Crippen molar-refractivity contribution >= 4 is 5.91 Å². The van der Waals surface area contributed by atoms with E-state index in [1.807, 2.05) is 0 Å². The Morgan fingerprint density at radius 2 is 2.06 bits per heavy atom. The summed E-state index contributed by atoms with van der Waals surface area (Å²) in [5.41, 5.74) is 0.703. The fourth-order valence-corrected chi connectivity index (χ4v) is 1.85. The second-order valence-electron chi connectivity index (χ2n) is 4.17. The molecular formula is C12H13F2NO3. The normalized spacial score (nSPS) is 22.3. The van der Waals surface area contributed by atoms with Crippen LogP contribution in [0.2, 0.25) is 0 Å². The molecule has 1 saturated heterocycles. The van der Waals surface area contributed by atoms with Crippen molar-refractivity contribution in [2.45, 2.75) is 18.6 Å². The molecule has 1 heterocycles. The lowest BCUT2D eigenvalue weighted by molar-refractivity contribution is -0.155. The Kier molecular flexibility index (Phi) is 3.21. The first-order valence-corrected chi connectivity index (χ1v) is 5.43. The van der Waals surface area contributed by atoms with Crippen molar-refractivity contribution < 1.29 is 23.4 Å². The molecule has 1 N–H and O–H groups in total. The van der Waals surface area contributed by atoms with Crippen molar-refractivity contribution in [1.82, 2.24) is 4.90 Å². The van der Waals surface area contributed by atoms with Crippen LogP contribution in [0.5, 0.6) is 5.75 Å². The minimum absolute atomic E-state index is 0.0511. The van der Waals surface area contributed by atoms with Crippen molar-refractivity contribution in [1.29, 1.82) is 0 Å². The largest absolute Gasteiger partial charge is 0.497 e. The summed E-state index contributed by atoms with van der Waals surface area (Å²) in [5, 5.41) is 9.13. The summed E-state index contributed by atoms with van der Waals surface area (Å²) in [4.78, 5) is 12.3. The Balaban J connectivity index is 2.08. The molecule has 0 bridgehead atoms. The number of β-amino-alcohol motifs (C(OH)–C–C–N with tert-alkyl or cyclic N) is 1. The number of hydrogen-bond donors (Lipinski definition) is 1. The number of halogens is 2. The molecule has 1 amide bonds. The van der Waals surface area contributed by atoms with Crippen molar-refractivity contribution in [2.75, 3.05) is 13.7 Å². The highest BCUT2D eigenvalue weighted by molar-refractivity contribution is 5.86. The number of carbonyl (C=O) groups excluding carboxylic acids is 1. The standard InChI is InChI=1S/C12H13F2NO3/c1-18-9-4-2-8(3-5-9)6-15-7-10(16)12(13,14)11(15)17/h2-5,10,16H,6-7H2,1H3. The van der Waals surface area contributed by atoms with Crippen LogP contribution in [0.15, 0.2) is 24.3 Å². The second kappa shape index (κ2) is 4.53. The molecular weight excluding hydrogens is 244 g/mol. The molecule has 18 heavy (non-hydrogen) atoms. The van der Waals surface area contributed by atoms with E-state index in [2.05, 4.69) is 0 Å². The van der Waals surface area contributed by atoms with Gasteiger partial charge in [0.05, 0.1) is 13.7 Å². The van der Waals surface area contributed by atoms with E-state index in [9.17, 15) is 13.6 Å². The molecule has 1 aromatic carbocycles. The van der Waals surface area contributed by atoms with E-state index in [0.29, 0.717) is 11.3 Å². The average Bonchev–Trinajstić information content (AvgIpc) is 2.54. The zero-order valence-electron chi connectivity index (χ0n) is 9.77. The molecule has 0 saturated carbocycles. The van der Waals surface area contributed by atoms with E-state index in [4.69, 9.17) is 9.84 Å². The number of aliphatic hydroxyl groups is 1. The van der Waals surface area contributed by atoms with Crippen LogP contribution in [0, 0.1) is 0 Å². The number of aliphatic hydroxyl groups excluding tert-OH is 1. The smallest absolute Gasteiger partial charge is 0.351 e. The maximum Gasteiger partial charge on any atom is 0.351 e. The lowest BCUT2D eigenvalue weighted by atomic mass is 10.2. The quantitative estimate of drug-likeness (QED) is 0.880. The minimum Gasteiger partial charge on any atom is -0.497 e. The summed E-state index contributed by atoms with van der Waals surface area (Å²) in [5.74, 6) is -4.35. The van der Waals surface area contributed by atoms with Gasteiger partial charge in [0.15, 0.2) is 0 Å². The van der Waals surface area contributed by atoms with Gasteiger partial charge >= 0.3 is 5.92 Å². The van der Waals surface area contributed by atoms with Crippen LogP contribution in [0.3, 0.4) is 0 Å². The van der Waals surface area contributed by atoms with Crippen molar-refractivity contribution in [3.8, 4) is 5.75 Å². The lowest BCUT2D eigenvalue weighted by Gasteiger charge is -2.15. The maximum absolute atomic E-state index is 13.1. The fourth-order valence-electron chi connectivity index (χ4n) is 1.85. The van der Waals surface area contributed by atoms with Gasteiger partial charge in [-0.3, -0.25) is 4.79 Å². The van der Waals surface area contributed by atoms with Gasteiger partial charge < -0.3 is 14.7 Å². The molecule has 1 atom stereocenters. The molecule has 6 heteroatoms. The number of benzene rings is 1. The summed E-state index contributed by atoms with van der Waals surface area (Å²) in [6.07, 6.45) is -1.93. The van der Waals surface area contributed by atoms with E-state index in [-0.39, 0.29) is 13.1 Å².